The molecule has 0 bridgehead atoms. The van der Waals surface area contributed by atoms with Crippen molar-refractivity contribution in [2.45, 2.75) is 97.2 Å². The molecule has 23 heavy (non-hydrogen) atoms. The lowest BCUT2D eigenvalue weighted by molar-refractivity contribution is -0.283. The van der Waals surface area contributed by atoms with E-state index in [9.17, 15) is 0 Å². The van der Waals surface area contributed by atoms with Crippen molar-refractivity contribution in [1.82, 2.24) is 15.7 Å². The summed E-state index contributed by atoms with van der Waals surface area (Å²) < 4.78 is 0. The van der Waals surface area contributed by atoms with Crippen LogP contribution in [0.15, 0.2) is 0 Å². The van der Waals surface area contributed by atoms with Crippen LogP contribution in [0, 0.1) is 0 Å². The molecule has 0 radical (unpaired) electrons. The summed E-state index contributed by atoms with van der Waals surface area (Å²) in [4.78, 5) is 6.09. The molecule has 1 aliphatic heterocycles. The minimum atomic E-state index is 0.0773. The minimum Gasteiger partial charge on any atom is -0.317 e. The molecule has 138 valence electrons. The zero-order chi connectivity index (χ0) is 17.3. The van der Waals surface area contributed by atoms with Crippen LogP contribution in [-0.2, 0) is 4.84 Å². The molecule has 1 saturated heterocycles. The number of piperidine rings is 1. The van der Waals surface area contributed by atoms with Crippen molar-refractivity contribution in [1.29, 1.82) is 0 Å². The van der Waals surface area contributed by atoms with Gasteiger partial charge in [-0.05, 0) is 79.4 Å². The quantitative estimate of drug-likeness (QED) is 0.567. The van der Waals surface area contributed by atoms with Crippen LogP contribution in [0.4, 0.5) is 0 Å². The van der Waals surface area contributed by atoms with Gasteiger partial charge in [-0.2, -0.15) is 5.06 Å². The van der Waals surface area contributed by atoms with Crippen molar-refractivity contribution in [2.75, 3.05) is 26.2 Å². The minimum absolute atomic E-state index is 0.0773. The van der Waals surface area contributed by atoms with Crippen LogP contribution in [0.25, 0.3) is 0 Å². The van der Waals surface area contributed by atoms with Gasteiger partial charge in [-0.15, -0.1) is 0 Å². The Balaban J connectivity index is 2.37. The van der Waals surface area contributed by atoms with Crippen molar-refractivity contribution < 1.29 is 4.84 Å². The van der Waals surface area contributed by atoms with E-state index < -0.39 is 0 Å². The van der Waals surface area contributed by atoms with Crippen LogP contribution < -0.4 is 10.6 Å². The molecule has 1 fully saturated rings. The summed E-state index contributed by atoms with van der Waals surface area (Å²) in [5.74, 6) is 0. The number of hydrogen-bond donors (Lipinski definition) is 2. The normalized spacial score (nSPS) is 21.7. The number of nitrogens with zero attached hydrogens (tertiary/aromatic N) is 1. The van der Waals surface area contributed by atoms with E-state index >= 15 is 0 Å². The number of hydroxylamine groups is 2. The van der Waals surface area contributed by atoms with Crippen molar-refractivity contribution in [3.05, 3.63) is 0 Å². The Bertz CT molecular complexity index is 300. The third-order valence-electron chi connectivity index (χ3n) is 4.69. The molecule has 0 amide bonds. The third-order valence-corrected chi connectivity index (χ3v) is 4.69. The number of rotatable bonds is 11. The summed E-state index contributed by atoms with van der Waals surface area (Å²) in [7, 11) is 0. The van der Waals surface area contributed by atoms with Gasteiger partial charge >= 0.3 is 0 Å². The van der Waals surface area contributed by atoms with Crippen molar-refractivity contribution in [2.24, 2.45) is 0 Å². The molecule has 0 aromatic rings. The predicted octanol–water partition coefficient (Wildman–Crippen LogP) is 3.72. The van der Waals surface area contributed by atoms with Gasteiger partial charge in [0, 0.05) is 17.1 Å². The summed E-state index contributed by atoms with van der Waals surface area (Å²) in [6.07, 6.45) is 7.11. The first-order valence-corrected chi connectivity index (χ1v) is 9.71. The lowest BCUT2D eigenvalue weighted by atomic mass is 9.79. The first-order valence-electron chi connectivity index (χ1n) is 9.71. The summed E-state index contributed by atoms with van der Waals surface area (Å²) in [6, 6.07) is 0.581. The van der Waals surface area contributed by atoms with Gasteiger partial charge in [0.2, 0.25) is 0 Å². The molecule has 0 saturated carbocycles. The lowest BCUT2D eigenvalue weighted by Gasteiger charge is -2.54. The van der Waals surface area contributed by atoms with Gasteiger partial charge in [0.1, 0.15) is 0 Å². The van der Waals surface area contributed by atoms with Crippen molar-refractivity contribution in [3.8, 4) is 0 Å². The van der Waals surface area contributed by atoms with Crippen LogP contribution in [0.1, 0.15) is 80.1 Å². The van der Waals surface area contributed by atoms with E-state index in [2.05, 4.69) is 57.2 Å². The smallest absolute Gasteiger partial charge is 0.0683 e. The van der Waals surface area contributed by atoms with E-state index in [1.165, 1.54) is 19.3 Å². The molecule has 0 atom stereocenters. The van der Waals surface area contributed by atoms with E-state index in [-0.39, 0.29) is 11.1 Å². The van der Waals surface area contributed by atoms with Crippen LogP contribution >= 0.6 is 0 Å². The topological polar surface area (TPSA) is 36.5 Å². The molecule has 2 N–H and O–H groups in total. The second kappa shape index (κ2) is 9.97. The molecule has 0 spiro atoms. The zero-order valence-electron chi connectivity index (χ0n) is 16.5. The number of unbranched alkanes of at least 4 members (excludes halogenated alkanes) is 1. The molecule has 4 heteroatoms. The molecular weight excluding hydrogens is 286 g/mol. The molecule has 0 unspecified atom stereocenters. The first-order chi connectivity index (χ1) is 10.8. The van der Waals surface area contributed by atoms with Gasteiger partial charge in [-0.1, -0.05) is 20.3 Å². The highest BCUT2D eigenvalue weighted by Gasteiger charge is 2.46. The van der Waals surface area contributed by atoms with Gasteiger partial charge < -0.3 is 10.6 Å². The van der Waals surface area contributed by atoms with Crippen molar-refractivity contribution in [3.63, 3.8) is 0 Å². The maximum Gasteiger partial charge on any atom is 0.0683 e. The van der Waals surface area contributed by atoms with Crippen LogP contribution in [0.5, 0.6) is 0 Å². The molecule has 1 rings (SSSR count). The number of nitrogens with one attached hydrogen (secondary N) is 2. The highest BCUT2D eigenvalue weighted by Crippen LogP contribution is 2.38. The van der Waals surface area contributed by atoms with Crippen molar-refractivity contribution >= 4 is 0 Å². The Morgan fingerprint density at radius 2 is 1.52 bits per heavy atom. The van der Waals surface area contributed by atoms with E-state index in [0.717, 1.165) is 45.5 Å². The fraction of sp³-hybridized carbons (Fsp3) is 1.00. The third kappa shape index (κ3) is 7.08. The summed E-state index contributed by atoms with van der Waals surface area (Å²) in [6.45, 7) is 17.8. The Kier molecular flexibility index (Phi) is 9.06. The van der Waals surface area contributed by atoms with E-state index in [4.69, 9.17) is 4.84 Å². The Labute approximate surface area is 144 Å². The summed E-state index contributed by atoms with van der Waals surface area (Å²) >= 11 is 0. The molecule has 0 aromatic carbocycles. The fourth-order valence-corrected chi connectivity index (χ4v) is 3.89. The highest BCUT2D eigenvalue weighted by molar-refractivity contribution is 4.99. The summed E-state index contributed by atoms with van der Waals surface area (Å²) in [5, 5.41) is 9.55. The fourth-order valence-electron chi connectivity index (χ4n) is 3.89. The van der Waals surface area contributed by atoms with Crippen LogP contribution in [0.2, 0.25) is 0 Å². The standard InChI is InChI=1S/C19H41N3O/c1-7-9-11-20-12-10-13-21-17-15-18(3,4)22(23-14-8-2)19(5,6)16-17/h17,20-21H,7-16H2,1-6H3. The predicted molar refractivity (Wildman–Crippen MR) is 99.7 cm³/mol. The lowest BCUT2D eigenvalue weighted by Crippen LogP contribution is -2.63. The van der Waals surface area contributed by atoms with E-state index in [0.29, 0.717) is 6.04 Å². The van der Waals surface area contributed by atoms with Crippen LogP contribution in [0.3, 0.4) is 0 Å². The summed E-state index contributed by atoms with van der Waals surface area (Å²) in [5.41, 5.74) is 0.155. The molecule has 1 heterocycles. The largest absolute Gasteiger partial charge is 0.317 e. The molecular formula is C19H41N3O. The zero-order valence-corrected chi connectivity index (χ0v) is 16.5. The average Bonchev–Trinajstić information content (AvgIpc) is 2.44. The van der Waals surface area contributed by atoms with Gasteiger partial charge in [0.15, 0.2) is 0 Å². The molecule has 0 aliphatic carbocycles. The van der Waals surface area contributed by atoms with Crippen LogP contribution in [-0.4, -0.2) is 48.4 Å². The Morgan fingerprint density at radius 1 is 0.913 bits per heavy atom. The van der Waals surface area contributed by atoms with Gasteiger partial charge in [-0.3, -0.25) is 4.84 Å². The second-order valence-electron chi connectivity index (χ2n) is 8.27. The Morgan fingerprint density at radius 3 is 2.09 bits per heavy atom. The molecule has 1 aliphatic rings. The first kappa shape index (κ1) is 20.9. The van der Waals surface area contributed by atoms with Gasteiger partial charge in [-0.25, -0.2) is 0 Å². The Hall–Kier alpha value is -0.160. The molecule has 0 aromatic heterocycles. The monoisotopic (exact) mass is 327 g/mol. The van der Waals surface area contributed by atoms with E-state index in [1.807, 2.05) is 0 Å². The van der Waals surface area contributed by atoms with Gasteiger partial charge in [0.05, 0.1) is 6.61 Å². The average molecular weight is 328 g/mol. The van der Waals surface area contributed by atoms with Gasteiger partial charge in [0.25, 0.3) is 0 Å². The maximum atomic E-state index is 6.09. The molecule has 4 nitrogen and oxygen atoms in total. The number of hydrogen-bond acceptors (Lipinski definition) is 4. The van der Waals surface area contributed by atoms with E-state index in [1.54, 1.807) is 0 Å². The second-order valence-corrected chi connectivity index (χ2v) is 8.27. The SMILES string of the molecule is CCCCNCCCNC1CC(C)(C)N(OCCC)C(C)(C)C1. The maximum absolute atomic E-state index is 6.09. The highest BCUT2D eigenvalue weighted by atomic mass is 16.7.